The molecule has 0 amide bonds. The zero-order valence-corrected chi connectivity index (χ0v) is 18.1. The minimum atomic E-state index is -0.206. The third-order valence-corrected chi connectivity index (χ3v) is 7.99. The van der Waals surface area contributed by atoms with Gasteiger partial charge in [-0.15, -0.1) is 0 Å². The van der Waals surface area contributed by atoms with Crippen molar-refractivity contribution in [2.45, 2.75) is 110 Å². The van der Waals surface area contributed by atoms with Gasteiger partial charge in [0.25, 0.3) is 0 Å². The standard InChI is InChI=1S/C23H41BO2/c1-7-8-19-13-14-21(15-17(19)2)20-11-9-18(10-12-20)16-24-25-22(3,4)23(5,6)26-24/h9,17,19-21H,7-8,10-16H2,1-6H3. The highest BCUT2D eigenvalue weighted by Gasteiger charge is 2.51. The van der Waals surface area contributed by atoms with Crippen LogP contribution in [0.4, 0.5) is 0 Å². The SMILES string of the molecule is CCCC1CCC(C2CC=C(CB3OC(C)(C)C(C)(C)O3)CC2)CC1C. The van der Waals surface area contributed by atoms with E-state index in [9.17, 15) is 0 Å². The second-order valence-electron chi connectivity index (χ2n) is 10.4. The van der Waals surface area contributed by atoms with Gasteiger partial charge in [0.15, 0.2) is 0 Å². The Labute approximate surface area is 162 Å². The highest BCUT2D eigenvalue weighted by molar-refractivity contribution is 6.46. The van der Waals surface area contributed by atoms with Gasteiger partial charge >= 0.3 is 7.12 Å². The van der Waals surface area contributed by atoms with Crippen molar-refractivity contribution in [1.82, 2.24) is 0 Å². The van der Waals surface area contributed by atoms with E-state index in [1.165, 1.54) is 51.4 Å². The van der Waals surface area contributed by atoms with Crippen molar-refractivity contribution in [2.75, 3.05) is 0 Å². The van der Waals surface area contributed by atoms with Gasteiger partial charge in [-0.1, -0.05) is 38.3 Å². The lowest BCUT2D eigenvalue weighted by Gasteiger charge is -2.39. The quantitative estimate of drug-likeness (QED) is 0.403. The number of hydrogen-bond donors (Lipinski definition) is 0. The molecule has 1 saturated carbocycles. The molecule has 3 aliphatic rings. The van der Waals surface area contributed by atoms with Crippen LogP contribution < -0.4 is 0 Å². The molecule has 0 spiro atoms. The number of rotatable bonds is 5. The Morgan fingerprint density at radius 3 is 2.27 bits per heavy atom. The molecule has 0 bridgehead atoms. The van der Waals surface area contributed by atoms with Gasteiger partial charge < -0.3 is 9.31 Å². The predicted octanol–water partition coefficient (Wildman–Crippen LogP) is 6.66. The van der Waals surface area contributed by atoms with Crippen molar-refractivity contribution < 1.29 is 9.31 Å². The Bertz CT molecular complexity index is 494. The molecule has 1 heterocycles. The van der Waals surface area contributed by atoms with Crippen LogP contribution in [0.25, 0.3) is 0 Å². The van der Waals surface area contributed by atoms with E-state index in [4.69, 9.17) is 9.31 Å². The Morgan fingerprint density at radius 1 is 1.04 bits per heavy atom. The summed E-state index contributed by atoms with van der Waals surface area (Å²) in [6.07, 6.45) is 14.6. The molecule has 0 aromatic rings. The molecule has 2 fully saturated rings. The highest BCUT2D eigenvalue weighted by atomic mass is 16.7. The van der Waals surface area contributed by atoms with Gasteiger partial charge in [-0.05, 0) is 89.9 Å². The van der Waals surface area contributed by atoms with Crippen LogP contribution >= 0.6 is 0 Å². The van der Waals surface area contributed by atoms with Crippen LogP contribution in [0.3, 0.4) is 0 Å². The molecular weight excluding hydrogens is 319 g/mol. The van der Waals surface area contributed by atoms with Crippen LogP contribution in [0.2, 0.25) is 6.32 Å². The fraction of sp³-hybridized carbons (Fsp3) is 0.913. The maximum Gasteiger partial charge on any atom is 0.462 e. The molecule has 0 aromatic carbocycles. The molecule has 148 valence electrons. The molecular formula is C23H41BO2. The summed E-state index contributed by atoms with van der Waals surface area (Å²) in [5.41, 5.74) is 1.15. The van der Waals surface area contributed by atoms with E-state index >= 15 is 0 Å². The fourth-order valence-corrected chi connectivity index (χ4v) is 5.51. The first-order chi connectivity index (χ1) is 12.2. The lowest BCUT2D eigenvalue weighted by atomic mass is 9.66. The molecule has 0 N–H and O–H groups in total. The fourth-order valence-electron chi connectivity index (χ4n) is 5.51. The summed E-state index contributed by atoms with van der Waals surface area (Å²) in [7, 11) is -0.0627. The maximum absolute atomic E-state index is 6.20. The van der Waals surface area contributed by atoms with Gasteiger partial charge in [-0.2, -0.15) is 0 Å². The maximum atomic E-state index is 6.20. The largest absolute Gasteiger partial charge is 0.462 e. The van der Waals surface area contributed by atoms with Crippen LogP contribution in [-0.4, -0.2) is 18.3 Å². The van der Waals surface area contributed by atoms with E-state index in [0.29, 0.717) is 0 Å². The Balaban J connectivity index is 1.49. The van der Waals surface area contributed by atoms with E-state index in [0.717, 1.165) is 30.0 Å². The van der Waals surface area contributed by atoms with Crippen molar-refractivity contribution in [2.24, 2.45) is 23.7 Å². The summed E-state index contributed by atoms with van der Waals surface area (Å²) in [6, 6.07) is 0. The van der Waals surface area contributed by atoms with E-state index in [1.54, 1.807) is 5.57 Å². The van der Waals surface area contributed by atoms with E-state index < -0.39 is 0 Å². The molecule has 1 aliphatic heterocycles. The van der Waals surface area contributed by atoms with Gasteiger partial charge in [0.05, 0.1) is 11.2 Å². The lowest BCUT2D eigenvalue weighted by Crippen LogP contribution is -2.41. The summed E-state index contributed by atoms with van der Waals surface area (Å²) >= 11 is 0. The normalized spacial score (nSPS) is 36.8. The lowest BCUT2D eigenvalue weighted by molar-refractivity contribution is 0.00578. The average molecular weight is 360 g/mol. The minimum absolute atomic E-state index is 0.0627. The number of hydrogen-bond acceptors (Lipinski definition) is 2. The topological polar surface area (TPSA) is 18.5 Å². The zero-order valence-electron chi connectivity index (χ0n) is 18.1. The zero-order chi connectivity index (χ0) is 18.9. The van der Waals surface area contributed by atoms with E-state index in [2.05, 4.69) is 47.6 Å². The molecule has 2 nitrogen and oxygen atoms in total. The average Bonchev–Trinajstić information content (AvgIpc) is 2.77. The molecule has 0 aromatic heterocycles. The van der Waals surface area contributed by atoms with Crippen molar-refractivity contribution in [1.29, 1.82) is 0 Å². The van der Waals surface area contributed by atoms with Gasteiger partial charge in [-0.3, -0.25) is 0 Å². The smallest absolute Gasteiger partial charge is 0.403 e. The van der Waals surface area contributed by atoms with Crippen LogP contribution in [0.15, 0.2) is 11.6 Å². The predicted molar refractivity (Wildman–Crippen MR) is 111 cm³/mol. The van der Waals surface area contributed by atoms with Crippen LogP contribution in [-0.2, 0) is 9.31 Å². The monoisotopic (exact) mass is 360 g/mol. The summed E-state index contributed by atoms with van der Waals surface area (Å²) in [5.74, 6) is 3.81. The summed E-state index contributed by atoms with van der Waals surface area (Å²) in [4.78, 5) is 0. The molecule has 2 aliphatic carbocycles. The third kappa shape index (κ3) is 4.41. The van der Waals surface area contributed by atoms with Crippen LogP contribution in [0, 0.1) is 23.7 Å². The first-order valence-corrected chi connectivity index (χ1v) is 11.3. The minimum Gasteiger partial charge on any atom is -0.403 e. The van der Waals surface area contributed by atoms with Crippen molar-refractivity contribution in [3.63, 3.8) is 0 Å². The molecule has 4 atom stereocenters. The molecule has 1 saturated heterocycles. The van der Waals surface area contributed by atoms with Crippen molar-refractivity contribution in [3.8, 4) is 0 Å². The second-order valence-corrected chi connectivity index (χ2v) is 10.4. The molecule has 26 heavy (non-hydrogen) atoms. The van der Waals surface area contributed by atoms with Crippen LogP contribution in [0.1, 0.15) is 92.9 Å². The summed E-state index contributed by atoms with van der Waals surface area (Å²) in [5, 5.41) is 0. The number of allylic oxidation sites excluding steroid dienone is 2. The second kappa shape index (κ2) is 7.99. The van der Waals surface area contributed by atoms with Gasteiger partial charge in [0.2, 0.25) is 0 Å². The van der Waals surface area contributed by atoms with Gasteiger partial charge in [-0.25, -0.2) is 0 Å². The Morgan fingerprint density at radius 2 is 1.73 bits per heavy atom. The third-order valence-electron chi connectivity index (χ3n) is 7.99. The van der Waals surface area contributed by atoms with Crippen LogP contribution in [0.5, 0.6) is 0 Å². The Kier molecular flexibility index (Phi) is 6.29. The van der Waals surface area contributed by atoms with Crippen molar-refractivity contribution >= 4 is 7.12 Å². The van der Waals surface area contributed by atoms with Crippen molar-refractivity contribution in [3.05, 3.63) is 11.6 Å². The van der Waals surface area contributed by atoms with Gasteiger partial charge in [0.1, 0.15) is 0 Å². The first kappa shape index (κ1) is 20.5. The summed E-state index contributed by atoms with van der Waals surface area (Å²) < 4.78 is 12.4. The van der Waals surface area contributed by atoms with E-state index in [-0.39, 0.29) is 18.3 Å². The molecule has 3 heteroatoms. The molecule has 3 rings (SSSR count). The van der Waals surface area contributed by atoms with E-state index in [1.807, 2.05) is 0 Å². The molecule has 4 unspecified atom stereocenters. The van der Waals surface area contributed by atoms with Gasteiger partial charge in [0, 0.05) is 6.32 Å². The Hall–Kier alpha value is -0.275. The highest BCUT2D eigenvalue weighted by Crippen LogP contribution is 2.44. The summed E-state index contributed by atoms with van der Waals surface area (Å²) in [6.45, 7) is 13.4. The molecule has 0 radical (unpaired) electrons. The first-order valence-electron chi connectivity index (χ1n) is 11.3.